The van der Waals surface area contributed by atoms with Crippen molar-refractivity contribution in [1.82, 2.24) is 15.3 Å². The summed E-state index contributed by atoms with van der Waals surface area (Å²) in [4.78, 5) is 8.31. The van der Waals surface area contributed by atoms with E-state index in [0.717, 1.165) is 35.0 Å². The first-order valence-electron chi connectivity index (χ1n) is 7.10. The summed E-state index contributed by atoms with van der Waals surface area (Å²) < 4.78 is 0. The highest BCUT2D eigenvalue weighted by Crippen LogP contribution is 2.35. The number of nitrogens with one attached hydrogen (secondary N) is 2. The van der Waals surface area contributed by atoms with Crippen molar-refractivity contribution in [3.05, 3.63) is 29.0 Å². The van der Waals surface area contributed by atoms with E-state index in [0.29, 0.717) is 0 Å². The van der Waals surface area contributed by atoms with Crippen LogP contribution in [-0.2, 0) is 5.41 Å². The van der Waals surface area contributed by atoms with Gasteiger partial charge in [0.15, 0.2) is 0 Å². The summed E-state index contributed by atoms with van der Waals surface area (Å²) in [5.74, 6) is 1.12. The summed E-state index contributed by atoms with van der Waals surface area (Å²) in [5.41, 5.74) is 2.22. The Hall–Kier alpha value is -1.06. The number of rotatable bonds is 3. The normalized spacial score (nSPS) is 23.9. The Labute approximate surface area is 118 Å². The maximum atomic E-state index is 6.05. The Bertz CT molecular complexity index is 564. The van der Waals surface area contributed by atoms with Crippen LogP contribution in [0.5, 0.6) is 0 Å². The summed E-state index contributed by atoms with van der Waals surface area (Å²) in [7, 11) is 0. The number of halogens is 1. The van der Waals surface area contributed by atoms with Gasteiger partial charge < -0.3 is 10.3 Å². The Morgan fingerprint density at radius 3 is 3.05 bits per heavy atom. The predicted molar refractivity (Wildman–Crippen MR) is 79.8 cm³/mol. The number of H-pyrrole nitrogens is 1. The number of hydrogen-bond donors (Lipinski definition) is 2. The smallest absolute Gasteiger partial charge is 0.114 e. The van der Waals surface area contributed by atoms with Gasteiger partial charge in [-0.15, -0.1) is 0 Å². The zero-order valence-electron chi connectivity index (χ0n) is 11.3. The minimum absolute atomic E-state index is 0.165. The number of fused-ring (bicyclic) bond motifs is 1. The van der Waals surface area contributed by atoms with E-state index in [9.17, 15) is 0 Å². The highest BCUT2D eigenvalue weighted by atomic mass is 35.5. The van der Waals surface area contributed by atoms with Crippen LogP contribution in [0.25, 0.3) is 11.0 Å². The summed E-state index contributed by atoms with van der Waals surface area (Å²) in [6.07, 6.45) is 4.78. The molecule has 102 valence electrons. The molecule has 3 rings (SSSR count). The third-order valence-corrected chi connectivity index (χ3v) is 4.38. The van der Waals surface area contributed by atoms with E-state index in [1.54, 1.807) is 0 Å². The fourth-order valence-corrected chi connectivity index (χ4v) is 3.39. The lowest BCUT2D eigenvalue weighted by Gasteiger charge is -2.36. The third-order valence-electron chi connectivity index (χ3n) is 4.15. The topological polar surface area (TPSA) is 40.7 Å². The zero-order chi connectivity index (χ0) is 13.3. The molecule has 1 aromatic carbocycles. The second-order valence-corrected chi connectivity index (χ2v) is 5.99. The third kappa shape index (κ3) is 2.37. The molecule has 1 saturated heterocycles. The lowest BCUT2D eigenvalue weighted by Crippen LogP contribution is -2.44. The lowest BCUT2D eigenvalue weighted by molar-refractivity contribution is 0.278. The molecule has 0 aliphatic carbocycles. The van der Waals surface area contributed by atoms with Gasteiger partial charge in [0.1, 0.15) is 5.82 Å². The molecule has 1 aromatic heterocycles. The number of aromatic amines is 1. The fourth-order valence-electron chi connectivity index (χ4n) is 3.21. The van der Waals surface area contributed by atoms with E-state index >= 15 is 0 Å². The Morgan fingerprint density at radius 2 is 2.32 bits per heavy atom. The number of piperidine rings is 1. The number of nitrogens with zero attached hydrogens (tertiary/aromatic N) is 1. The van der Waals surface area contributed by atoms with Crippen LogP contribution < -0.4 is 5.32 Å². The zero-order valence-corrected chi connectivity index (χ0v) is 12.1. The molecule has 2 N–H and O–H groups in total. The summed E-state index contributed by atoms with van der Waals surface area (Å²) in [6, 6.07) is 5.86. The van der Waals surface area contributed by atoms with Gasteiger partial charge in [0.05, 0.1) is 11.0 Å². The lowest BCUT2D eigenvalue weighted by atomic mass is 9.76. The minimum Gasteiger partial charge on any atom is -0.341 e. The van der Waals surface area contributed by atoms with E-state index < -0.39 is 0 Å². The van der Waals surface area contributed by atoms with Crippen molar-refractivity contribution in [1.29, 1.82) is 0 Å². The average molecular weight is 278 g/mol. The molecule has 0 amide bonds. The molecule has 1 unspecified atom stereocenters. The molecule has 1 fully saturated rings. The molecule has 19 heavy (non-hydrogen) atoms. The second-order valence-electron chi connectivity index (χ2n) is 5.56. The van der Waals surface area contributed by atoms with E-state index in [1.165, 1.54) is 25.7 Å². The number of aromatic nitrogens is 2. The molecular weight excluding hydrogens is 258 g/mol. The fraction of sp³-hybridized carbons (Fsp3) is 0.533. The van der Waals surface area contributed by atoms with Gasteiger partial charge in [-0.05, 0) is 44.0 Å². The Kier molecular flexibility index (Phi) is 3.50. The van der Waals surface area contributed by atoms with E-state index in [1.807, 2.05) is 18.2 Å². The molecule has 1 aliphatic rings. The van der Waals surface area contributed by atoms with Crippen molar-refractivity contribution in [2.75, 3.05) is 13.1 Å². The maximum Gasteiger partial charge on any atom is 0.114 e. The first-order chi connectivity index (χ1) is 9.23. The Morgan fingerprint density at radius 1 is 1.42 bits per heavy atom. The summed E-state index contributed by atoms with van der Waals surface area (Å²) >= 11 is 6.05. The van der Waals surface area contributed by atoms with Crippen molar-refractivity contribution in [3.63, 3.8) is 0 Å². The molecular formula is C15H20ClN3. The molecule has 0 bridgehead atoms. The highest BCUT2D eigenvalue weighted by molar-refractivity contribution is 6.31. The number of imidazole rings is 1. The van der Waals surface area contributed by atoms with E-state index in [4.69, 9.17) is 16.6 Å². The van der Waals surface area contributed by atoms with Crippen LogP contribution >= 0.6 is 11.6 Å². The molecule has 2 aromatic rings. The van der Waals surface area contributed by atoms with Crippen molar-refractivity contribution in [2.45, 2.75) is 38.0 Å². The van der Waals surface area contributed by atoms with Gasteiger partial charge in [0.2, 0.25) is 0 Å². The molecule has 4 heteroatoms. The van der Waals surface area contributed by atoms with Gasteiger partial charge >= 0.3 is 0 Å². The van der Waals surface area contributed by atoms with Crippen molar-refractivity contribution < 1.29 is 0 Å². The van der Waals surface area contributed by atoms with Crippen molar-refractivity contribution in [2.24, 2.45) is 0 Å². The van der Waals surface area contributed by atoms with E-state index in [2.05, 4.69) is 17.2 Å². The minimum atomic E-state index is 0.165. The maximum absolute atomic E-state index is 6.05. The number of hydrogen-bond acceptors (Lipinski definition) is 2. The summed E-state index contributed by atoms with van der Waals surface area (Å²) in [5, 5.41) is 4.29. The van der Waals surface area contributed by atoms with Crippen molar-refractivity contribution in [3.8, 4) is 0 Å². The standard InChI is InChI=1S/C15H20ClN3/c1-2-6-15(7-3-8-17-10-15)14-18-12-5-4-11(16)9-13(12)19-14/h4-5,9,17H,2-3,6-8,10H2,1H3,(H,18,19). The predicted octanol–water partition coefficient (Wildman–Crippen LogP) is 3.64. The first kappa shape index (κ1) is 12.9. The second kappa shape index (κ2) is 5.14. The van der Waals surface area contributed by atoms with Crippen LogP contribution in [0.4, 0.5) is 0 Å². The van der Waals surface area contributed by atoms with Gasteiger partial charge in [-0.25, -0.2) is 4.98 Å². The Balaban J connectivity index is 2.04. The van der Waals surface area contributed by atoms with Gasteiger partial charge in [-0.2, -0.15) is 0 Å². The SMILES string of the molecule is CCCC1(c2nc3ccc(Cl)cc3[nH]2)CCCNC1. The highest BCUT2D eigenvalue weighted by Gasteiger charge is 2.35. The molecule has 1 atom stereocenters. The molecule has 3 nitrogen and oxygen atoms in total. The summed E-state index contributed by atoms with van der Waals surface area (Å²) in [6.45, 7) is 4.39. The van der Waals surface area contributed by atoms with Crippen molar-refractivity contribution >= 4 is 22.6 Å². The van der Waals surface area contributed by atoms with Crippen LogP contribution in [0.15, 0.2) is 18.2 Å². The van der Waals surface area contributed by atoms with Crippen LogP contribution in [0.3, 0.4) is 0 Å². The van der Waals surface area contributed by atoms with Gasteiger partial charge in [-0.3, -0.25) is 0 Å². The quantitative estimate of drug-likeness (QED) is 0.899. The molecule has 2 heterocycles. The van der Waals surface area contributed by atoms with Gasteiger partial charge in [0.25, 0.3) is 0 Å². The van der Waals surface area contributed by atoms with Gasteiger partial charge in [-0.1, -0.05) is 24.9 Å². The first-order valence-corrected chi connectivity index (χ1v) is 7.48. The van der Waals surface area contributed by atoms with Crippen LogP contribution in [0.1, 0.15) is 38.4 Å². The van der Waals surface area contributed by atoms with Crippen LogP contribution in [0, 0.1) is 0 Å². The van der Waals surface area contributed by atoms with E-state index in [-0.39, 0.29) is 5.41 Å². The molecule has 0 saturated carbocycles. The number of benzene rings is 1. The monoisotopic (exact) mass is 277 g/mol. The van der Waals surface area contributed by atoms with Gasteiger partial charge in [0, 0.05) is 17.0 Å². The largest absolute Gasteiger partial charge is 0.341 e. The average Bonchev–Trinajstić information content (AvgIpc) is 2.83. The molecule has 0 radical (unpaired) electrons. The molecule has 1 aliphatic heterocycles. The molecule has 0 spiro atoms. The van der Waals surface area contributed by atoms with Crippen LogP contribution in [-0.4, -0.2) is 23.1 Å². The van der Waals surface area contributed by atoms with Crippen LogP contribution in [0.2, 0.25) is 5.02 Å².